The number of nitrogens with one attached hydrogen (secondary N) is 5. The number of urea groups is 1. The summed E-state index contributed by atoms with van der Waals surface area (Å²) in [5.74, 6) is -0.598. The lowest BCUT2D eigenvalue weighted by atomic mass is 9.91. The maximum absolute atomic E-state index is 12.3. The molecule has 1 aliphatic carbocycles. The fraction of sp³-hybridized carbons (Fsp3) is 0.333. The Morgan fingerprint density at radius 2 is 1.54 bits per heavy atom. The van der Waals surface area contributed by atoms with Crippen LogP contribution >= 0.6 is 0 Å². The molecule has 0 bridgehead atoms. The number of aromatic amines is 2. The molecule has 10 nitrogen and oxygen atoms in total. The van der Waals surface area contributed by atoms with Gasteiger partial charge in [-0.15, -0.1) is 0 Å². The van der Waals surface area contributed by atoms with E-state index < -0.39 is 17.2 Å². The van der Waals surface area contributed by atoms with Crippen LogP contribution in [-0.4, -0.2) is 34.0 Å². The summed E-state index contributed by atoms with van der Waals surface area (Å²) in [5.41, 5.74) is 4.12. The number of anilines is 2. The number of rotatable bonds is 4. The summed E-state index contributed by atoms with van der Waals surface area (Å²) in [6, 6.07) is 8.74. The van der Waals surface area contributed by atoms with Gasteiger partial charge in [-0.05, 0) is 37.8 Å². The fourth-order valence-corrected chi connectivity index (χ4v) is 3.19. The predicted molar refractivity (Wildman–Crippen MR) is 104 cm³/mol. The van der Waals surface area contributed by atoms with Gasteiger partial charge in [0.05, 0.1) is 0 Å². The van der Waals surface area contributed by atoms with Gasteiger partial charge in [-0.3, -0.25) is 14.6 Å². The van der Waals surface area contributed by atoms with Crippen molar-refractivity contribution >= 4 is 23.3 Å². The smallest absolute Gasteiger partial charge is 0.326 e. The van der Waals surface area contributed by atoms with E-state index in [-0.39, 0.29) is 29.5 Å². The molecule has 0 aliphatic heterocycles. The predicted octanol–water partition coefficient (Wildman–Crippen LogP) is 0.508. The van der Waals surface area contributed by atoms with Crippen molar-refractivity contribution in [3.63, 3.8) is 0 Å². The second-order valence-electron chi connectivity index (χ2n) is 6.68. The zero-order valence-electron chi connectivity index (χ0n) is 15.1. The molecular weight excluding hydrogens is 364 g/mol. The molecule has 28 heavy (non-hydrogen) atoms. The lowest BCUT2D eigenvalue weighted by molar-refractivity contribution is 0.0919. The van der Waals surface area contributed by atoms with Gasteiger partial charge in [0.25, 0.3) is 11.5 Å². The summed E-state index contributed by atoms with van der Waals surface area (Å²) >= 11 is 0. The first-order valence-electron chi connectivity index (χ1n) is 8.98. The number of H-pyrrole nitrogens is 2. The Morgan fingerprint density at radius 3 is 2.18 bits per heavy atom. The Morgan fingerprint density at radius 1 is 0.929 bits per heavy atom. The van der Waals surface area contributed by atoms with Gasteiger partial charge in [0.15, 0.2) is 0 Å². The molecule has 0 radical (unpaired) electrons. The normalized spacial score (nSPS) is 18.9. The van der Waals surface area contributed by atoms with Crippen LogP contribution in [0.25, 0.3) is 0 Å². The third-order valence-electron chi connectivity index (χ3n) is 4.64. The van der Waals surface area contributed by atoms with Crippen molar-refractivity contribution in [3.8, 4) is 0 Å². The van der Waals surface area contributed by atoms with Gasteiger partial charge >= 0.3 is 11.7 Å². The monoisotopic (exact) mass is 386 g/mol. The third-order valence-corrected chi connectivity index (χ3v) is 4.64. The summed E-state index contributed by atoms with van der Waals surface area (Å²) in [5, 5.41) is 8.47. The molecule has 10 heteroatoms. The van der Waals surface area contributed by atoms with E-state index in [1.807, 2.05) is 23.2 Å². The van der Waals surface area contributed by atoms with E-state index in [0.717, 1.165) is 0 Å². The number of para-hydroxylation sites is 1. The quantitative estimate of drug-likeness (QED) is 0.450. The second kappa shape index (κ2) is 8.42. The molecule has 1 saturated carbocycles. The van der Waals surface area contributed by atoms with E-state index in [2.05, 4.69) is 20.9 Å². The summed E-state index contributed by atoms with van der Waals surface area (Å²) in [6.45, 7) is 0. The molecule has 2 aromatic rings. The minimum absolute atomic E-state index is 0.00121. The van der Waals surface area contributed by atoms with Crippen LogP contribution in [0.15, 0.2) is 39.9 Å². The first-order chi connectivity index (χ1) is 13.4. The summed E-state index contributed by atoms with van der Waals surface area (Å²) in [4.78, 5) is 51.4. The molecule has 7 N–H and O–H groups in total. The molecule has 1 aromatic heterocycles. The Labute approximate surface area is 159 Å². The van der Waals surface area contributed by atoms with E-state index in [0.29, 0.717) is 31.4 Å². The van der Waals surface area contributed by atoms with Crippen LogP contribution in [0.2, 0.25) is 0 Å². The lowest BCUT2D eigenvalue weighted by Gasteiger charge is -2.29. The third kappa shape index (κ3) is 4.78. The SMILES string of the molecule is Nc1c(C(=O)NC2CCC(NC(=O)Nc3ccccc3)CC2)[nH]c(=O)[nH]c1=O. The van der Waals surface area contributed by atoms with Crippen molar-refractivity contribution in [2.45, 2.75) is 37.8 Å². The molecular formula is C18H22N6O4. The molecule has 1 heterocycles. The highest BCUT2D eigenvalue weighted by atomic mass is 16.2. The van der Waals surface area contributed by atoms with Crippen LogP contribution in [0.4, 0.5) is 16.2 Å². The van der Waals surface area contributed by atoms with Gasteiger partial charge in [0.1, 0.15) is 11.4 Å². The largest absolute Gasteiger partial charge is 0.392 e. The molecule has 0 spiro atoms. The van der Waals surface area contributed by atoms with Crippen LogP contribution in [0.3, 0.4) is 0 Å². The number of carbonyl (C=O) groups is 2. The van der Waals surface area contributed by atoms with Gasteiger partial charge in [-0.1, -0.05) is 18.2 Å². The molecule has 0 saturated heterocycles. The molecule has 1 aromatic carbocycles. The zero-order chi connectivity index (χ0) is 20.1. The van der Waals surface area contributed by atoms with Crippen LogP contribution in [-0.2, 0) is 0 Å². The first kappa shape index (κ1) is 19.2. The molecule has 1 aliphatic rings. The van der Waals surface area contributed by atoms with Crippen molar-refractivity contribution in [3.05, 3.63) is 56.9 Å². The number of benzene rings is 1. The number of amides is 3. The van der Waals surface area contributed by atoms with Crippen molar-refractivity contribution in [1.82, 2.24) is 20.6 Å². The maximum atomic E-state index is 12.3. The van der Waals surface area contributed by atoms with E-state index in [9.17, 15) is 19.2 Å². The summed E-state index contributed by atoms with van der Waals surface area (Å²) < 4.78 is 0. The van der Waals surface area contributed by atoms with Gasteiger partial charge in [0, 0.05) is 17.8 Å². The summed E-state index contributed by atoms with van der Waals surface area (Å²) in [6.07, 6.45) is 2.67. The maximum Gasteiger partial charge on any atom is 0.326 e. The number of hydrogen-bond donors (Lipinski definition) is 6. The van der Waals surface area contributed by atoms with Crippen LogP contribution < -0.4 is 32.9 Å². The van der Waals surface area contributed by atoms with Crippen molar-refractivity contribution in [1.29, 1.82) is 0 Å². The van der Waals surface area contributed by atoms with E-state index >= 15 is 0 Å². The molecule has 0 atom stereocenters. The number of nitrogens with two attached hydrogens (primary N) is 1. The van der Waals surface area contributed by atoms with Crippen molar-refractivity contribution in [2.75, 3.05) is 11.1 Å². The minimum Gasteiger partial charge on any atom is -0.392 e. The van der Waals surface area contributed by atoms with Gasteiger partial charge in [-0.25, -0.2) is 9.59 Å². The average molecular weight is 386 g/mol. The highest BCUT2D eigenvalue weighted by molar-refractivity contribution is 5.97. The molecule has 3 rings (SSSR count). The van der Waals surface area contributed by atoms with Gasteiger partial charge in [-0.2, -0.15) is 0 Å². The number of hydrogen-bond acceptors (Lipinski definition) is 5. The minimum atomic E-state index is -0.800. The van der Waals surface area contributed by atoms with Crippen LogP contribution in [0.5, 0.6) is 0 Å². The zero-order valence-corrected chi connectivity index (χ0v) is 15.1. The van der Waals surface area contributed by atoms with Crippen LogP contribution in [0.1, 0.15) is 36.2 Å². The van der Waals surface area contributed by atoms with Crippen molar-refractivity contribution in [2.24, 2.45) is 0 Å². The Bertz CT molecular complexity index is 960. The summed E-state index contributed by atoms with van der Waals surface area (Å²) in [7, 11) is 0. The highest BCUT2D eigenvalue weighted by Crippen LogP contribution is 2.19. The van der Waals surface area contributed by atoms with E-state index in [1.165, 1.54) is 0 Å². The second-order valence-corrected chi connectivity index (χ2v) is 6.68. The molecule has 148 valence electrons. The van der Waals surface area contributed by atoms with Crippen molar-refractivity contribution < 1.29 is 9.59 Å². The topological polar surface area (TPSA) is 162 Å². The Hall–Kier alpha value is -3.56. The number of nitrogen functional groups attached to an aromatic ring is 1. The molecule has 1 fully saturated rings. The first-order valence-corrected chi connectivity index (χ1v) is 8.98. The van der Waals surface area contributed by atoms with E-state index in [1.54, 1.807) is 12.1 Å². The van der Waals surface area contributed by atoms with E-state index in [4.69, 9.17) is 5.73 Å². The lowest BCUT2D eigenvalue weighted by Crippen LogP contribution is -2.45. The number of carbonyl (C=O) groups excluding carboxylic acids is 2. The fourth-order valence-electron chi connectivity index (χ4n) is 3.19. The Kier molecular flexibility index (Phi) is 5.78. The van der Waals surface area contributed by atoms with Gasteiger partial charge in [0.2, 0.25) is 0 Å². The standard InChI is InChI=1S/C18H22N6O4/c19-13-14(23-18(28)24-15(13)25)16(26)20-11-6-8-12(9-7-11)22-17(27)21-10-4-2-1-3-5-10/h1-5,11-12H,6-9,19H2,(H,20,26)(H2,21,22,27)(H2,23,24,25,28). The Balaban J connectivity index is 1.49. The average Bonchev–Trinajstić information content (AvgIpc) is 2.67. The molecule has 0 unspecified atom stereocenters. The van der Waals surface area contributed by atoms with Gasteiger partial charge < -0.3 is 26.7 Å². The molecule has 3 amide bonds. The number of aromatic nitrogens is 2. The van der Waals surface area contributed by atoms with Crippen LogP contribution in [0, 0.1) is 0 Å². The highest BCUT2D eigenvalue weighted by Gasteiger charge is 2.25.